The third kappa shape index (κ3) is 6.88. The van der Waals surface area contributed by atoms with Gasteiger partial charge in [0.05, 0.1) is 25.8 Å². The van der Waals surface area contributed by atoms with E-state index < -0.39 is 0 Å². The molecule has 3 rings (SSSR count). The van der Waals surface area contributed by atoms with Crippen LogP contribution in [0.2, 0.25) is 5.02 Å². The number of morpholine rings is 1. The molecular weight excluding hydrogens is 507 g/mol. The fourth-order valence-corrected chi connectivity index (χ4v) is 4.16. The molecule has 2 aromatic rings. The fourth-order valence-electron chi connectivity index (χ4n) is 3.11. The van der Waals surface area contributed by atoms with E-state index in [0.717, 1.165) is 55.9 Å². The zero-order valence-electron chi connectivity index (χ0n) is 16.1. The largest absolute Gasteiger partial charge is 0.379 e. The number of ether oxygens (including phenoxy) is 1. The number of hydrogen-bond donors (Lipinski definition) is 2. The second-order valence-corrected chi connectivity index (χ2v) is 7.73. The smallest absolute Gasteiger partial charge is 0.191 e. The number of halogens is 2. The van der Waals surface area contributed by atoms with Crippen molar-refractivity contribution in [2.75, 3.05) is 39.4 Å². The van der Waals surface area contributed by atoms with Crippen molar-refractivity contribution in [1.29, 1.82) is 0 Å². The summed E-state index contributed by atoms with van der Waals surface area (Å²) in [5.74, 6) is 0.812. The standard InChI is InChI=1S/C20H27ClN4OS.HI/c1-2-22-20(23-14-16-6-3-4-7-17(16)21)24-15-18(19-8-5-13-27-19)25-9-11-26-12-10-25;/h3-8,13,18H,2,9-12,14-15H2,1H3,(H2,22,23,24);1H. The monoisotopic (exact) mass is 534 g/mol. The number of nitrogens with one attached hydrogen (secondary N) is 2. The number of aliphatic imine (C=N–C) groups is 1. The highest BCUT2D eigenvalue weighted by molar-refractivity contribution is 14.0. The first-order valence-corrected chi connectivity index (χ1v) is 10.6. The van der Waals surface area contributed by atoms with Gasteiger partial charge < -0.3 is 15.4 Å². The highest BCUT2D eigenvalue weighted by Gasteiger charge is 2.23. The lowest BCUT2D eigenvalue weighted by Gasteiger charge is -2.34. The predicted molar refractivity (Wildman–Crippen MR) is 129 cm³/mol. The van der Waals surface area contributed by atoms with Crippen molar-refractivity contribution in [2.24, 2.45) is 4.99 Å². The number of benzene rings is 1. The molecule has 0 aliphatic carbocycles. The normalized spacial score (nSPS) is 16.3. The highest BCUT2D eigenvalue weighted by Crippen LogP contribution is 2.25. The second-order valence-electron chi connectivity index (χ2n) is 6.35. The van der Waals surface area contributed by atoms with Gasteiger partial charge in [0.25, 0.3) is 0 Å². The molecule has 1 aliphatic heterocycles. The molecule has 1 aromatic heterocycles. The average Bonchev–Trinajstić information content (AvgIpc) is 3.22. The van der Waals surface area contributed by atoms with Crippen LogP contribution in [0.3, 0.4) is 0 Å². The van der Waals surface area contributed by atoms with Crippen LogP contribution in [0.25, 0.3) is 0 Å². The minimum Gasteiger partial charge on any atom is -0.379 e. The quantitative estimate of drug-likeness (QED) is 0.318. The van der Waals surface area contributed by atoms with Crippen LogP contribution in [0.4, 0.5) is 0 Å². The van der Waals surface area contributed by atoms with Gasteiger partial charge in [-0.1, -0.05) is 35.9 Å². The van der Waals surface area contributed by atoms with Crippen LogP contribution < -0.4 is 10.6 Å². The molecule has 0 spiro atoms. The summed E-state index contributed by atoms with van der Waals surface area (Å²) in [7, 11) is 0. The zero-order valence-corrected chi connectivity index (χ0v) is 20.0. The highest BCUT2D eigenvalue weighted by atomic mass is 127. The molecule has 2 heterocycles. The number of nitrogens with zero attached hydrogens (tertiary/aromatic N) is 2. The van der Waals surface area contributed by atoms with E-state index in [1.54, 1.807) is 11.3 Å². The van der Waals surface area contributed by atoms with Gasteiger partial charge in [0.15, 0.2) is 5.96 Å². The molecule has 0 saturated carbocycles. The van der Waals surface area contributed by atoms with E-state index in [4.69, 9.17) is 21.3 Å². The number of hydrogen-bond acceptors (Lipinski definition) is 4. The van der Waals surface area contributed by atoms with Crippen LogP contribution in [-0.2, 0) is 11.3 Å². The minimum atomic E-state index is 0. The molecule has 8 heteroatoms. The van der Waals surface area contributed by atoms with Crippen molar-refractivity contribution in [2.45, 2.75) is 19.5 Å². The summed E-state index contributed by atoms with van der Waals surface area (Å²) in [6, 6.07) is 12.5. The molecule has 1 saturated heterocycles. The third-order valence-corrected chi connectivity index (χ3v) is 5.87. The Labute approximate surface area is 193 Å². The van der Waals surface area contributed by atoms with Crippen molar-refractivity contribution in [3.05, 3.63) is 57.2 Å². The van der Waals surface area contributed by atoms with Gasteiger partial charge in [0.2, 0.25) is 0 Å². The predicted octanol–water partition coefficient (Wildman–Crippen LogP) is 4.15. The Morgan fingerprint density at radius 3 is 2.68 bits per heavy atom. The molecule has 1 aliphatic rings. The van der Waals surface area contributed by atoms with Gasteiger partial charge in [-0.25, -0.2) is 4.99 Å². The van der Waals surface area contributed by atoms with Crippen molar-refractivity contribution < 1.29 is 4.74 Å². The summed E-state index contributed by atoms with van der Waals surface area (Å²) in [6.45, 7) is 7.74. The first-order chi connectivity index (χ1) is 13.3. The lowest BCUT2D eigenvalue weighted by atomic mass is 10.2. The van der Waals surface area contributed by atoms with E-state index in [1.807, 2.05) is 24.3 Å². The molecule has 0 amide bonds. The van der Waals surface area contributed by atoms with Gasteiger partial charge in [-0.2, -0.15) is 0 Å². The molecule has 5 nitrogen and oxygen atoms in total. The Morgan fingerprint density at radius 2 is 2.00 bits per heavy atom. The van der Waals surface area contributed by atoms with Crippen LogP contribution in [0, 0.1) is 0 Å². The molecule has 0 radical (unpaired) electrons. The Kier molecular flexibility index (Phi) is 10.6. The summed E-state index contributed by atoms with van der Waals surface area (Å²) in [4.78, 5) is 8.57. The SMILES string of the molecule is CCNC(=NCc1ccccc1Cl)NCC(c1cccs1)N1CCOCC1.I. The maximum Gasteiger partial charge on any atom is 0.191 e. The van der Waals surface area contributed by atoms with E-state index in [0.29, 0.717) is 12.6 Å². The summed E-state index contributed by atoms with van der Waals surface area (Å²) < 4.78 is 5.52. The van der Waals surface area contributed by atoms with Crippen LogP contribution in [-0.4, -0.2) is 50.3 Å². The molecule has 1 unspecified atom stereocenters. The average molecular weight is 535 g/mol. The lowest BCUT2D eigenvalue weighted by molar-refractivity contribution is 0.0177. The molecule has 154 valence electrons. The first kappa shape index (κ1) is 23.4. The van der Waals surface area contributed by atoms with Gasteiger partial charge in [-0.05, 0) is 30.0 Å². The number of guanidine groups is 1. The first-order valence-electron chi connectivity index (χ1n) is 9.38. The molecule has 1 atom stereocenters. The van der Waals surface area contributed by atoms with Crippen molar-refractivity contribution in [3.8, 4) is 0 Å². The van der Waals surface area contributed by atoms with E-state index in [1.165, 1.54) is 4.88 Å². The van der Waals surface area contributed by atoms with Crippen molar-refractivity contribution in [1.82, 2.24) is 15.5 Å². The maximum atomic E-state index is 6.25. The van der Waals surface area contributed by atoms with Gasteiger partial charge in [-0.3, -0.25) is 4.90 Å². The summed E-state index contributed by atoms with van der Waals surface area (Å²) in [5.41, 5.74) is 1.03. The Bertz CT molecular complexity index is 723. The van der Waals surface area contributed by atoms with Crippen molar-refractivity contribution >= 4 is 52.9 Å². The zero-order chi connectivity index (χ0) is 18.9. The molecule has 1 aromatic carbocycles. The fraction of sp³-hybridized carbons (Fsp3) is 0.450. The lowest BCUT2D eigenvalue weighted by Crippen LogP contribution is -2.46. The van der Waals surface area contributed by atoms with Crippen LogP contribution in [0.1, 0.15) is 23.4 Å². The van der Waals surface area contributed by atoms with Gasteiger partial charge in [0, 0.05) is 36.1 Å². The maximum absolute atomic E-state index is 6.25. The van der Waals surface area contributed by atoms with Crippen LogP contribution in [0.5, 0.6) is 0 Å². The summed E-state index contributed by atoms with van der Waals surface area (Å²) in [6.07, 6.45) is 0. The van der Waals surface area contributed by atoms with Crippen LogP contribution in [0.15, 0.2) is 46.8 Å². The third-order valence-electron chi connectivity index (χ3n) is 4.53. The second kappa shape index (κ2) is 12.6. The molecule has 0 bridgehead atoms. The molecule has 1 fully saturated rings. The minimum absolute atomic E-state index is 0. The molecule has 2 N–H and O–H groups in total. The van der Waals surface area contributed by atoms with Crippen molar-refractivity contribution in [3.63, 3.8) is 0 Å². The Hall–Kier alpha value is -0.870. The Morgan fingerprint density at radius 1 is 1.21 bits per heavy atom. The number of thiophene rings is 1. The number of rotatable bonds is 7. The van der Waals surface area contributed by atoms with E-state index in [2.05, 4.69) is 40.0 Å². The Balaban J connectivity index is 0.00000280. The van der Waals surface area contributed by atoms with E-state index >= 15 is 0 Å². The molecule has 28 heavy (non-hydrogen) atoms. The summed E-state index contributed by atoms with van der Waals surface area (Å²) in [5, 5.41) is 9.74. The van der Waals surface area contributed by atoms with Gasteiger partial charge in [-0.15, -0.1) is 35.3 Å². The summed E-state index contributed by atoms with van der Waals surface area (Å²) >= 11 is 8.06. The van der Waals surface area contributed by atoms with Crippen LogP contribution >= 0.6 is 46.9 Å². The van der Waals surface area contributed by atoms with E-state index in [9.17, 15) is 0 Å². The topological polar surface area (TPSA) is 48.9 Å². The van der Waals surface area contributed by atoms with Gasteiger partial charge in [0.1, 0.15) is 0 Å². The van der Waals surface area contributed by atoms with Gasteiger partial charge >= 0.3 is 0 Å². The van der Waals surface area contributed by atoms with E-state index in [-0.39, 0.29) is 24.0 Å². The molecular formula is C20H28ClIN4OS.